The van der Waals surface area contributed by atoms with Gasteiger partial charge in [-0.1, -0.05) is 24.3 Å². The predicted molar refractivity (Wildman–Crippen MR) is 78.1 cm³/mol. The zero-order chi connectivity index (χ0) is 12.4. The fraction of sp³-hybridized carbons (Fsp3) is 0.133. The van der Waals surface area contributed by atoms with Gasteiger partial charge in [-0.2, -0.15) is 0 Å². The van der Waals surface area contributed by atoms with Crippen molar-refractivity contribution in [1.82, 2.24) is 4.98 Å². The van der Waals surface area contributed by atoms with Crippen LogP contribution in [-0.4, -0.2) is 4.98 Å². The zero-order valence-corrected chi connectivity index (χ0v) is 11.0. The molecule has 1 aromatic carbocycles. The van der Waals surface area contributed by atoms with Crippen molar-refractivity contribution in [2.45, 2.75) is 13.5 Å². The molecule has 1 N–H and O–H groups in total. The molecule has 0 unspecified atom stereocenters. The molecule has 0 aliphatic heterocycles. The first-order chi connectivity index (χ1) is 8.83. The number of para-hydroxylation sites is 1. The van der Waals surface area contributed by atoms with Gasteiger partial charge in [-0.15, -0.1) is 11.3 Å². The molecule has 0 spiro atoms. The highest BCUT2D eigenvalue weighted by Crippen LogP contribution is 2.23. The Hall–Kier alpha value is -1.87. The van der Waals surface area contributed by atoms with E-state index in [1.165, 1.54) is 10.3 Å². The molecular weight excluding hydrogens is 240 g/mol. The molecule has 2 nitrogen and oxygen atoms in total. The van der Waals surface area contributed by atoms with E-state index < -0.39 is 0 Å². The minimum atomic E-state index is 0.866. The number of thiophene rings is 1. The van der Waals surface area contributed by atoms with Gasteiger partial charge in [-0.25, -0.2) is 0 Å². The molecule has 0 amide bonds. The molecule has 90 valence electrons. The van der Waals surface area contributed by atoms with Crippen molar-refractivity contribution < 1.29 is 0 Å². The molecule has 3 aromatic rings. The summed E-state index contributed by atoms with van der Waals surface area (Å²) >= 11 is 1.77. The van der Waals surface area contributed by atoms with Crippen molar-refractivity contribution in [3.63, 3.8) is 0 Å². The number of hydrogen-bond acceptors (Lipinski definition) is 3. The van der Waals surface area contributed by atoms with Gasteiger partial charge in [-0.05, 0) is 30.5 Å². The van der Waals surface area contributed by atoms with Crippen LogP contribution >= 0.6 is 11.3 Å². The molecule has 3 rings (SSSR count). The van der Waals surface area contributed by atoms with Gasteiger partial charge in [0.1, 0.15) is 0 Å². The van der Waals surface area contributed by atoms with Crippen LogP contribution in [0.15, 0.2) is 47.8 Å². The molecule has 0 saturated carbocycles. The average molecular weight is 254 g/mol. The second-order valence-corrected chi connectivity index (χ2v) is 5.29. The largest absolute Gasteiger partial charge is 0.380 e. The lowest BCUT2D eigenvalue weighted by molar-refractivity contribution is 1.18. The fourth-order valence-electron chi connectivity index (χ4n) is 2.05. The van der Waals surface area contributed by atoms with Crippen molar-refractivity contribution in [2.24, 2.45) is 0 Å². The maximum absolute atomic E-state index is 4.54. The number of fused-ring (bicyclic) bond motifs is 1. The minimum Gasteiger partial charge on any atom is -0.380 e. The Kier molecular flexibility index (Phi) is 2.99. The molecule has 18 heavy (non-hydrogen) atoms. The van der Waals surface area contributed by atoms with E-state index in [9.17, 15) is 0 Å². The van der Waals surface area contributed by atoms with E-state index in [1.54, 1.807) is 11.3 Å². The summed E-state index contributed by atoms with van der Waals surface area (Å²) in [6, 6.07) is 14.6. The lowest BCUT2D eigenvalue weighted by atomic mass is 10.1. The highest BCUT2D eigenvalue weighted by molar-refractivity contribution is 7.09. The highest BCUT2D eigenvalue weighted by Gasteiger charge is 2.03. The van der Waals surface area contributed by atoms with Crippen molar-refractivity contribution in [2.75, 3.05) is 5.32 Å². The predicted octanol–water partition coefficient (Wildman–Crippen LogP) is 4.22. The number of anilines is 1. The van der Waals surface area contributed by atoms with Gasteiger partial charge in [0.25, 0.3) is 0 Å². The Morgan fingerprint density at radius 1 is 1.17 bits per heavy atom. The van der Waals surface area contributed by atoms with Gasteiger partial charge >= 0.3 is 0 Å². The molecule has 0 atom stereocenters. The van der Waals surface area contributed by atoms with E-state index in [-0.39, 0.29) is 0 Å². The summed E-state index contributed by atoms with van der Waals surface area (Å²) in [4.78, 5) is 5.89. The summed E-state index contributed by atoms with van der Waals surface area (Å²) in [5, 5.41) is 6.79. The Bertz CT molecular complexity index is 659. The first-order valence-corrected chi connectivity index (χ1v) is 6.83. The van der Waals surface area contributed by atoms with Crippen LogP contribution in [0.4, 0.5) is 5.69 Å². The van der Waals surface area contributed by atoms with Gasteiger partial charge in [0.05, 0.1) is 5.52 Å². The summed E-state index contributed by atoms with van der Waals surface area (Å²) in [5.74, 6) is 0. The first-order valence-electron chi connectivity index (χ1n) is 5.95. The Morgan fingerprint density at radius 2 is 2.06 bits per heavy atom. The van der Waals surface area contributed by atoms with Crippen LogP contribution in [0.5, 0.6) is 0 Å². The third kappa shape index (κ3) is 2.22. The van der Waals surface area contributed by atoms with Crippen molar-refractivity contribution in [3.05, 3.63) is 58.4 Å². The van der Waals surface area contributed by atoms with Crippen LogP contribution in [0.1, 0.15) is 10.6 Å². The van der Waals surface area contributed by atoms with Crippen LogP contribution in [0, 0.1) is 6.92 Å². The summed E-state index contributed by atoms with van der Waals surface area (Å²) in [7, 11) is 0. The molecule has 0 saturated heterocycles. The first kappa shape index (κ1) is 11.2. The van der Waals surface area contributed by atoms with Crippen molar-refractivity contribution in [3.8, 4) is 0 Å². The van der Waals surface area contributed by atoms with Crippen LogP contribution in [0.25, 0.3) is 10.9 Å². The third-order valence-corrected chi connectivity index (χ3v) is 3.75. The Morgan fingerprint density at radius 3 is 2.89 bits per heavy atom. The van der Waals surface area contributed by atoms with E-state index >= 15 is 0 Å². The number of nitrogens with one attached hydrogen (secondary N) is 1. The van der Waals surface area contributed by atoms with Gasteiger partial charge in [-0.3, -0.25) is 4.98 Å². The molecule has 0 radical (unpaired) electrons. The normalized spacial score (nSPS) is 10.7. The molecular formula is C15H14N2S. The number of nitrogens with zero attached hydrogens (tertiary/aromatic N) is 1. The van der Waals surface area contributed by atoms with Gasteiger partial charge in [0.2, 0.25) is 0 Å². The van der Waals surface area contributed by atoms with Crippen molar-refractivity contribution >= 4 is 27.9 Å². The maximum atomic E-state index is 4.54. The van der Waals surface area contributed by atoms with E-state index in [1.807, 2.05) is 13.0 Å². The van der Waals surface area contributed by atoms with Gasteiger partial charge < -0.3 is 5.32 Å². The quantitative estimate of drug-likeness (QED) is 0.757. The molecule has 2 aromatic heterocycles. The van der Waals surface area contributed by atoms with Crippen LogP contribution < -0.4 is 5.32 Å². The van der Waals surface area contributed by atoms with Crippen LogP contribution in [0.3, 0.4) is 0 Å². The smallest absolute Gasteiger partial charge is 0.0725 e. The maximum Gasteiger partial charge on any atom is 0.0725 e. The molecule has 2 heterocycles. The van der Waals surface area contributed by atoms with E-state index in [0.717, 1.165) is 23.4 Å². The minimum absolute atomic E-state index is 0.866. The topological polar surface area (TPSA) is 24.9 Å². The average Bonchev–Trinajstić information content (AvgIpc) is 2.89. The number of aryl methyl sites for hydroxylation is 1. The summed E-state index contributed by atoms with van der Waals surface area (Å²) in [6.45, 7) is 2.90. The summed E-state index contributed by atoms with van der Waals surface area (Å²) in [5.41, 5.74) is 3.25. The molecule has 0 bridgehead atoms. The Balaban J connectivity index is 1.95. The molecule has 0 fully saturated rings. The van der Waals surface area contributed by atoms with Crippen molar-refractivity contribution in [1.29, 1.82) is 0 Å². The van der Waals surface area contributed by atoms with Crippen LogP contribution in [-0.2, 0) is 6.54 Å². The van der Waals surface area contributed by atoms with Crippen LogP contribution in [0.2, 0.25) is 0 Å². The number of pyridine rings is 1. The van der Waals surface area contributed by atoms with Gasteiger partial charge in [0, 0.05) is 28.2 Å². The van der Waals surface area contributed by atoms with Gasteiger partial charge in [0.15, 0.2) is 0 Å². The number of rotatable bonds is 3. The second kappa shape index (κ2) is 4.78. The lowest BCUT2D eigenvalue weighted by Gasteiger charge is -2.09. The second-order valence-electron chi connectivity index (χ2n) is 4.26. The lowest BCUT2D eigenvalue weighted by Crippen LogP contribution is -1.99. The zero-order valence-electron chi connectivity index (χ0n) is 10.2. The number of benzene rings is 1. The Labute approximate surface area is 110 Å². The monoisotopic (exact) mass is 254 g/mol. The molecule has 3 heteroatoms. The fourth-order valence-corrected chi connectivity index (χ4v) is 2.69. The number of hydrogen-bond donors (Lipinski definition) is 1. The number of aromatic nitrogens is 1. The van der Waals surface area contributed by atoms with E-state index in [4.69, 9.17) is 0 Å². The van der Waals surface area contributed by atoms with E-state index in [2.05, 4.69) is 52.1 Å². The third-order valence-electron chi connectivity index (χ3n) is 2.88. The molecule has 0 aliphatic rings. The highest BCUT2D eigenvalue weighted by atomic mass is 32.1. The summed E-state index contributed by atoms with van der Waals surface area (Å²) < 4.78 is 0. The SMILES string of the molecule is Cc1cc(NCc2cccs2)c2ccccc2n1. The van der Waals surface area contributed by atoms with E-state index in [0.29, 0.717) is 0 Å². The molecule has 0 aliphatic carbocycles. The summed E-state index contributed by atoms with van der Waals surface area (Å²) in [6.07, 6.45) is 0. The standard InChI is InChI=1S/C15H14N2S/c1-11-9-15(16-10-12-5-4-8-18-12)13-6-2-3-7-14(13)17-11/h2-9H,10H2,1H3,(H,16,17).